The molecule has 0 spiro atoms. The molecule has 0 fully saturated rings. The zero-order chi connectivity index (χ0) is 32.8. The van der Waals surface area contributed by atoms with Gasteiger partial charge in [0.25, 0.3) is 5.91 Å². The molecule has 3 N–H and O–H groups in total. The van der Waals surface area contributed by atoms with Crippen LogP contribution in [-0.2, 0) is 11.3 Å². The lowest BCUT2D eigenvalue weighted by molar-refractivity contribution is 0.0635. The first kappa shape index (κ1) is 32.4. The van der Waals surface area contributed by atoms with Crippen LogP contribution in [0.4, 0.5) is 22.0 Å². The number of aryl methyl sites for hydroxylation is 1. The molecule has 0 aliphatic heterocycles. The Morgan fingerprint density at radius 3 is 2.35 bits per heavy atom. The van der Waals surface area contributed by atoms with E-state index in [-0.39, 0.29) is 11.8 Å². The highest BCUT2D eigenvalue weighted by molar-refractivity contribution is 7.99. The van der Waals surface area contributed by atoms with Crippen molar-refractivity contribution < 1.29 is 14.3 Å². The monoisotopic (exact) mass is 634 g/mol. The average Bonchev–Trinajstić information content (AvgIpc) is 3.01. The first-order valence-electron chi connectivity index (χ1n) is 15.1. The van der Waals surface area contributed by atoms with Gasteiger partial charge in [0.2, 0.25) is 0 Å². The molecule has 0 radical (unpaired) electrons. The van der Waals surface area contributed by atoms with Gasteiger partial charge in [0, 0.05) is 33.3 Å². The van der Waals surface area contributed by atoms with E-state index < -0.39 is 11.7 Å². The average molecular weight is 635 g/mol. The quantitative estimate of drug-likeness (QED) is 0.147. The molecule has 5 aromatic rings. The van der Waals surface area contributed by atoms with Crippen LogP contribution < -0.4 is 16.0 Å². The second-order valence-electron chi connectivity index (χ2n) is 12.2. The summed E-state index contributed by atoms with van der Waals surface area (Å²) in [5.41, 5.74) is 4.98. The number of hydrogen-bond donors (Lipinski definition) is 3. The molecule has 3 aromatic carbocycles. The van der Waals surface area contributed by atoms with Crippen molar-refractivity contribution in [3.63, 3.8) is 0 Å². The Bertz CT molecular complexity index is 1850. The summed E-state index contributed by atoms with van der Waals surface area (Å²) in [6.07, 6.45) is 0.978. The summed E-state index contributed by atoms with van der Waals surface area (Å²) in [4.78, 5) is 40.9. The van der Waals surface area contributed by atoms with Crippen LogP contribution in [0.2, 0.25) is 0 Å². The van der Waals surface area contributed by atoms with E-state index in [2.05, 4.69) is 39.8 Å². The summed E-state index contributed by atoms with van der Waals surface area (Å²) in [5.74, 6) is 0.664. The van der Waals surface area contributed by atoms with Crippen molar-refractivity contribution in [2.45, 2.75) is 69.4 Å². The molecule has 5 rings (SSSR count). The molecule has 236 valence electrons. The third-order valence-electron chi connectivity index (χ3n) is 6.91. The molecule has 0 unspecified atom stereocenters. The number of pyridine rings is 1. The Hall–Kier alpha value is -4.96. The second-order valence-corrected chi connectivity index (χ2v) is 13.4. The number of hydrogen-bond acceptors (Lipinski definition) is 8. The number of amides is 2. The van der Waals surface area contributed by atoms with Crippen LogP contribution >= 0.6 is 11.8 Å². The molecule has 0 aliphatic carbocycles. The van der Waals surface area contributed by atoms with Gasteiger partial charge in [0.15, 0.2) is 5.65 Å². The molecule has 9 nitrogen and oxygen atoms in total. The number of benzene rings is 3. The highest BCUT2D eigenvalue weighted by atomic mass is 32.2. The van der Waals surface area contributed by atoms with Crippen molar-refractivity contribution in [3.8, 4) is 0 Å². The molecule has 10 heteroatoms. The number of aromatic nitrogens is 3. The van der Waals surface area contributed by atoms with Gasteiger partial charge in [-0.3, -0.25) is 10.1 Å². The Morgan fingerprint density at radius 2 is 1.65 bits per heavy atom. The first-order chi connectivity index (χ1) is 21.9. The summed E-state index contributed by atoms with van der Waals surface area (Å²) in [6.45, 7) is 12.1. The Balaban J connectivity index is 1.41. The van der Waals surface area contributed by atoms with E-state index in [0.29, 0.717) is 34.9 Å². The van der Waals surface area contributed by atoms with E-state index in [9.17, 15) is 9.59 Å². The maximum Gasteiger partial charge on any atom is 0.412 e. The molecule has 46 heavy (non-hydrogen) atoms. The highest BCUT2D eigenvalue weighted by Gasteiger charge is 2.17. The molecule has 0 bridgehead atoms. The van der Waals surface area contributed by atoms with Crippen molar-refractivity contribution in [2.24, 2.45) is 0 Å². The maximum atomic E-state index is 13.3. The van der Waals surface area contributed by atoms with E-state index in [1.165, 1.54) is 23.7 Å². The number of carbonyl (C=O) groups is 2. The van der Waals surface area contributed by atoms with Crippen LogP contribution in [0, 0.1) is 6.92 Å². The zero-order valence-electron chi connectivity index (χ0n) is 26.8. The molecule has 2 heterocycles. The summed E-state index contributed by atoms with van der Waals surface area (Å²) >= 11 is 1.52. The summed E-state index contributed by atoms with van der Waals surface area (Å²) in [5, 5.41) is 10.0. The highest BCUT2D eigenvalue weighted by Crippen LogP contribution is 2.37. The molecule has 0 saturated carbocycles. The second kappa shape index (κ2) is 14.0. The van der Waals surface area contributed by atoms with Crippen molar-refractivity contribution >= 4 is 52.0 Å². The Morgan fingerprint density at radius 1 is 0.913 bits per heavy atom. The van der Waals surface area contributed by atoms with E-state index in [1.807, 2.05) is 107 Å². The molecular formula is C36H38N6O3S. The van der Waals surface area contributed by atoms with E-state index in [0.717, 1.165) is 26.4 Å². The van der Waals surface area contributed by atoms with Crippen LogP contribution in [-0.4, -0.2) is 32.6 Å². The fourth-order valence-electron chi connectivity index (χ4n) is 4.51. The van der Waals surface area contributed by atoms with Gasteiger partial charge >= 0.3 is 6.09 Å². The number of nitrogens with one attached hydrogen (secondary N) is 3. The largest absolute Gasteiger partial charge is 0.444 e. The zero-order valence-corrected chi connectivity index (χ0v) is 27.7. The van der Waals surface area contributed by atoms with Gasteiger partial charge in [-0.05, 0) is 93.8 Å². The fourth-order valence-corrected chi connectivity index (χ4v) is 5.39. The summed E-state index contributed by atoms with van der Waals surface area (Å²) in [7, 11) is 0. The minimum atomic E-state index is -0.589. The lowest BCUT2D eigenvalue weighted by Gasteiger charge is -2.19. The predicted molar refractivity (Wildman–Crippen MR) is 184 cm³/mol. The van der Waals surface area contributed by atoms with Gasteiger partial charge in [-0.25, -0.2) is 19.7 Å². The van der Waals surface area contributed by atoms with Crippen LogP contribution in [0.3, 0.4) is 0 Å². The summed E-state index contributed by atoms with van der Waals surface area (Å²) in [6, 6.07) is 25.1. The third kappa shape index (κ3) is 8.60. The Labute approximate surface area is 273 Å². The van der Waals surface area contributed by atoms with Crippen molar-refractivity contribution in [1.82, 2.24) is 20.3 Å². The SMILES string of the molecule is Cc1ccc(CNC(=O)c2ccc(Sc3ccc(NC(=O)OC(C)(C)C)cc3)c(Nc3ncnc4nc(C(C)C)ccc34)c2)cc1. The van der Waals surface area contributed by atoms with E-state index >= 15 is 0 Å². The van der Waals surface area contributed by atoms with Crippen LogP contribution in [0.25, 0.3) is 11.0 Å². The van der Waals surface area contributed by atoms with E-state index in [4.69, 9.17) is 9.72 Å². The van der Waals surface area contributed by atoms with Crippen molar-refractivity contribution in [2.75, 3.05) is 10.6 Å². The van der Waals surface area contributed by atoms with Gasteiger partial charge in [0.05, 0.1) is 11.1 Å². The maximum absolute atomic E-state index is 13.3. The smallest absolute Gasteiger partial charge is 0.412 e. The molecule has 0 aliphatic rings. The predicted octanol–water partition coefficient (Wildman–Crippen LogP) is 8.63. The number of fused-ring (bicyclic) bond motifs is 1. The lowest BCUT2D eigenvalue weighted by atomic mass is 10.1. The van der Waals surface area contributed by atoms with Crippen LogP contribution in [0.1, 0.15) is 67.7 Å². The molecule has 0 atom stereocenters. The minimum absolute atomic E-state index is 0.187. The van der Waals surface area contributed by atoms with Crippen molar-refractivity contribution in [3.05, 3.63) is 108 Å². The minimum Gasteiger partial charge on any atom is -0.444 e. The van der Waals surface area contributed by atoms with Gasteiger partial charge < -0.3 is 15.4 Å². The number of anilines is 3. The topological polar surface area (TPSA) is 118 Å². The van der Waals surface area contributed by atoms with Crippen molar-refractivity contribution in [1.29, 1.82) is 0 Å². The molecular weight excluding hydrogens is 597 g/mol. The summed E-state index contributed by atoms with van der Waals surface area (Å²) < 4.78 is 5.36. The molecule has 2 amide bonds. The lowest BCUT2D eigenvalue weighted by Crippen LogP contribution is -2.27. The first-order valence-corrected chi connectivity index (χ1v) is 15.9. The van der Waals surface area contributed by atoms with Gasteiger partial charge in [-0.15, -0.1) is 0 Å². The van der Waals surface area contributed by atoms with Gasteiger partial charge in [0.1, 0.15) is 17.7 Å². The van der Waals surface area contributed by atoms with Crippen LogP contribution in [0.15, 0.2) is 95.0 Å². The molecule has 0 saturated heterocycles. The van der Waals surface area contributed by atoms with Gasteiger partial charge in [-0.2, -0.15) is 0 Å². The van der Waals surface area contributed by atoms with Gasteiger partial charge in [-0.1, -0.05) is 55.4 Å². The molecule has 2 aromatic heterocycles. The standard InChI is InChI=1S/C36H38N6O3S/c1-22(2)29-17-16-28-32(41-29)38-21-39-33(28)42-30-19-25(34(43)37-20-24-9-7-23(3)8-10-24)11-18-31(30)46-27-14-12-26(13-15-27)40-35(44)45-36(4,5)6/h7-19,21-22H,20H2,1-6H3,(H,37,43)(H,40,44)(H,38,39,41,42). The normalized spacial score (nSPS) is 11.4. The number of ether oxygens (including phenoxy) is 1. The van der Waals surface area contributed by atoms with Crippen LogP contribution in [0.5, 0.6) is 0 Å². The number of nitrogens with zero attached hydrogens (tertiary/aromatic N) is 3. The number of rotatable bonds is 9. The fraction of sp³-hybridized carbons (Fsp3) is 0.250. The van der Waals surface area contributed by atoms with E-state index in [1.54, 1.807) is 0 Å². The Kier molecular flexibility index (Phi) is 9.87. The third-order valence-corrected chi connectivity index (χ3v) is 7.99. The number of carbonyl (C=O) groups excluding carboxylic acids is 2.